The van der Waals surface area contributed by atoms with Crippen molar-refractivity contribution in [2.75, 3.05) is 6.61 Å². The molecule has 0 bridgehead atoms. The first-order valence-corrected chi connectivity index (χ1v) is 8.91. The Balaban J connectivity index is 1.55. The Hall–Kier alpha value is -3.39. The highest BCUT2D eigenvalue weighted by atomic mass is 16.5. The molecule has 0 aliphatic rings. The first-order valence-electron chi connectivity index (χ1n) is 8.91. The first-order chi connectivity index (χ1) is 13.3. The highest BCUT2D eigenvalue weighted by Crippen LogP contribution is 2.14. The molecular formula is C22H21N3O2. The molecule has 0 aliphatic heterocycles. The van der Waals surface area contributed by atoms with Crippen LogP contribution in [0, 0.1) is 12.3 Å². The van der Waals surface area contributed by atoms with E-state index in [1.54, 1.807) is 24.4 Å². The third-order valence-corrected chi connectivity index (χ3v) is 4.02. The second-order valence-corrected chi connectivity index (χ2v) is 6.08. The smallest absolute Gasteiger partial charge is 0.270 e. The summed E-state index contributed by atoms with van der Waals surface area (Å²) in [5.74, 6) is 3.19. The van der Waals surface area contributed by atoms with E-state index in [0.29, 0.717) is 24.4 Å². The predicted octanol–water partition coefficient (Wildman–Crippen LogP) is 3.74. The van der Waals surface area contributed by atoms with Crippen molar-refractivity contribution in [3.8, 4) is 18.1 Å². The maximum atomic E-state index is 12.4. The van der Waals surface area contributed by atoms with Gasteiger partial charge in [-0.15, -0.1) is 12.3 Å². The quantitative estimate of drug-likeness (QED) is 0.491. The molecule has 1 amide bonds. The van der Waals surface area contributed by atoms with Crippen LogP contribution in [-0.4, -0.2) is 22.5 Å². The van der Waals surface area contributed by atoms with Crippen LogP contribution in [0.3, 0.4) is 0 Å². The number of fused-ring (bicyclic) bond motifs is 1. The predicted molar refractivity (Wildman–Crippen MR) is 105 cm³/mol. The fourth-order valence-corrected chi connectivity index (χ4v) is 2.62. The SMILES string of the molecule is C#CCCCCOc1cccc(CNC(=O)c2ccc3ncccc3n2)c1. The van der Waals surface area contributed by atoms with Crippen molar-refractivity contribution in [3.05, 3.63) is 66.0 Å². The molecule has 27 heavy (non-hydrogen) atoms. The first kappa shape index (κ1) is 18.4. The minimum absolute atomic E-state index is 0.221. The Morgan fingerprint density at radius 3 is 2.93 bits per heavy atom. The van der Waals surface area contributed by atoms with Gasteiger partial charge in [-0.25, -0.2) is 4.98 Å². The third kappa shape index (κ3) is 5.29. The molecule has 0 aliphatic carbocycles. The number of nitrogens with one attached hydrogen (secondary N) is 1. The number of carbonyl (C=O) groups is 1. The summed E-state index contributed by atoms with van der Waals surface area (Å²) >= 11 is 0. The van der Waals surface area contributed by atoms with Crippen molar-refractivity contribution in [1.29, 1.82) is 0 Å². The molecule has 136 valence electrons. The van der Waals surface area contributed by atoms with Crippen LogP contribution in [0.25, 0.3) is 11.0 Å². The van der Waals surface area contributed by atoms with E-state index in [1.165, 1.54) is 0 Å². The monoisotopic (exact) mass is 359 g/mol. The van der Waals surface area contributed by atoms with Crippen LogP contribution in [0.1, 0.15) is 35.3 Å². The van der Waals surface area contributed by atoms with Gasteiger partial charge in [-0.1, -0.05) is 12.1 Å². The van der Waals surface area contributed by atoms with Crippen LogP contribution < -0.4 is 10.1 Å². The molecule has 0 spiro atoms. The molecule has 3 rings (SSSR count). The van der Waals surface area contributed by atoms with Gasteiger partial charge in [0, 0.05) is 19.2 Å². The minimum atomic E-state index is -0.221. The van der Waals surface area contributed by atoms with Crippen LogP contribution in [-0.2, 0) is 6.54 Å². The van der Waals surface area contributed by atoms with E-state index in [1.807, 2.05) is 30.3 Å². The topological polar surface area (TPSA) is 64.1 Å². The molecule has 0 fully saturated rings. The highest BCUT2D eigenvalue weighted by molar-refractivity contribution is 5.94. The van der Waals surface area contributed by atoms with E-state index >= 15 is 0 Å². The highest BCUT2D eigenvalue weighted by Gasteiger charge is 2.08. The van der Waals surface area contributed by atoms with Gasteiger partial charge in [-0.05, 0) is 54.8 Å². The van der Waals surface area contributed by atoms with Gasteiger partial charge in [0.1, 0.15) is 11.4 Å². The molecule has 5 nitrogen and oxygen atoms in total. The summed E-state index contributed by atoms with van der Waals surface area (Å²) in [4.78, 5) is 20.9. The van der Waals surface area contributed by atoms with E-state index < -0.39 is 0 Å². The molecule has 5 heteroatoms. The molecule has 0 saturated heterocycles. The fourth-order valence-electron chi connectivity index (χ4n) is 2.62. The zero-order chi connectivity index (χ0) is 18.9. The number of rotatable bonds is 8. The molecule has 0 unspecified atom stereocenters. The molecule has 0 atom stereocenters. The van der Waals surface area contributed by atoms with Gasteiger partial charge in [-0.3, -0.25) is 9.78 Å². The average Bonchev–Trinajstić information content (AvgIpc) is 2.72. The van der Waals surface area contributed by atoms with Crippen LogP contribution in [0.15, 0.2) is 54.7 Å². The number of benzene rings is 1. The fraction of sp³-hybridized carbons (Fsp3) is 0.227. The Morgan fingerprint density at radius 1 is 1.11 bits per heavy atom. The Bertz CT molecular complexity index is 963. The molecular weight excluding hydrogens is 338 g/mol. The van der Waals surface area contributed by atoms with Crippen molar-refractivity contribution < 1.29 is 9.53 Å². The van der Waals surface area contributed by atoms with Gasteiger partial charge in [0.15, 0.2) is 0 Å². The lowest BCUT2D eigenvalue weighted by molar-refractivity contribution is 0.0946. The Kier molecular flexibility index (Phi) is 6.37. The maximum absolute atomic E-state index is 12.4. The summed E-state index contributed by atoms with van der Waals surface area (Å²) in [6, 6.07) is 14.8. The summed E-state index contributed by atoms with van der Waals surface area (Å²) in [7, 11) is 0. The van der Waals surface area contributed by atoms with Gasteiger partial charge >= 0.3 is 0 Å². The van der Waals surface area contributed by atoms with Crippen LogP contribution >= 0.6 is 0 Å². The number of pyridine rings is 2. The van der Waals surface area contributed by atoms with Gasteiger partial charge < -0.3 is 10.1 Å². The van der Waals surface area contributed by atoms with Crippen molar-refractivity contribution in [2.45, 2.75) is 25.8 Å². The van der Waals surface area contributed by atoms with Crippen LogP contribution in [0.4, 0.5) is 0 Å². The van der Waals surface area contributed by atoms with E-state index in [-0.39, 0.29) is 5.91 Å². The number of terminal acetylenes is 1. The number of nitrogens with zero attached hydrogens (tertiary/aromatic N) is 2. The number of carbonyl (C=O) groups excluding carboxylic acids is 1. The van der Waals surface area contributed by atoms with Crippen molar-refractivity contribution in [1.82, 2.24) is 15.3 Å². The lowest BCUT2D eigenvalue weighted by atomic mass is 10.2. The standard InChI is InChI=1S/C22H21N3O2/c1-2-3-4-5-14-27-18-9-6-8-17(15-18)16-24-22(26)21-12-11-19-20(25-21)10-7-13-23-19/h1,6-13,15H,3-5,14,16H2,(H,24,26). The van der Waals surface area contributed by atoms with Gasteiger partial charge in [-0.2, -0.15) is 0 Å². The van der Waals surface area contributed by atoms with Gasteiger partial charge in [0.2, 0.25) is 0 Å². The summed E-state index contributed by atoms with van der Waals surface area (Å²) in [5, 5.41) is 2.89. The van der Waals surface area contributed by atoms with Crippen LogP contribution in [0.2, 0.25) is 0 Å². The largest absolute Gasteiger partial charge is 0.494 e. The minimum Gasteiger partial charge on any atom is -0.494 e. The molecule has 3 aromatic rings. The van der Waals surface area contributed by atoms with Crippen molar-refractivity contribution in [2.24, 2.45) is 0 Å². The number of hydrogen-bond donors (Lipinski definition) is 1. The summed E-state index contributed by atoms with van der Waals surface area (Å²) in [5.41, 5.74) is 2.80. The van der Waals surface area contributed by atoms with Gasteiger partial charge in [0.05, 0.1) is 17.6 Å². The maximum Gasteiger partial charge on any atom is 0.270 e. The van der Waals surface area contributed by atoms with E-state index in [2.05, 4.69) is 21.2 Å². The molecule has 0 radical (unpaired) electrons. The molecule has 2 aromatic heterocycles. The molecule has 1 aromatic carbocycles. The number of hydrogen-bond acceptors (Lipinski definition) is 4. The van der Waals surface area contributed by atoms with Gasteiger partial charge in [0.25, 0.3) is 5.91 Å². The zero-order valence-electron chi connectivity index (χ0n) is 15.0. The number of ether oxygens (including phenoxy) is 1. The summed E-state index contributed by atoms with van der Waals surface area (Å²) in [6.07, 6.45) is 9.59. The Morgan fingerprint density at radius 2 is 2.04 bits per heavy atom. The number of aromatic nitrogens is 2. The normalized spacial score (nSPS) is 10.3. The van der Waals surface area contributed by atoms with Crippen LogP contribution in [0.5, 0.6) is 5.75 Å². The number of amides is 1. The lowest BCUT2D eigenvalue weighted by Gasteiger charge is -2.09. The summed E-state index contributed by atoms with van der Waals surface area (Å²) in [6.45, 7) is 1.03. The van der Waals surface area contributed by atoms with E-state index in [9.17, 15) is 4.79 Å². The zero-order valence-corrected chi connectivity index (χ0v) is 15.0. The van der Waals surface area contributed by atoms with Crippen molar-refractivity contribution in [3.63, 3.8) is 0 Å². The van der Waals surface area contributed by atoms with E-state index in [0.717, 1.165) is 36.1 Å². The van der Waals surface area contributed by atoms with Crippen molar-refractivity contribution >= 4 is 16.9 Å². The molecule has 2 heterocycles. The second-order valence-electron chi connectivity index (χ2n) is 6.08. The summed E-state index contributed by atoms with van der Waals surface area (Å²) < 4.78 is 5.73. The lowest BCUT2D eigenvalue weighted by Crippen LogP contribution is -2.23. The molecule has 1 N–H and O–H groups in total. The third-order valence-electron chi connectivity index (χ3n) is 4.02. The van der Waals surface area contributed by atoms with E-state index in [4.69, 9.17) is 11.2 Å². The Labute approximate surface area is 158 Å². The molecule has 0 saturated carbocycles. The average molecular weight is 359 g/mol. The number of unbranched alkanes of at least 4 members (excludes halogenated alkanes) is 2. The second kappa shape index (κ2) is 9.35.